The quantitative estimate of drug-likeness (QED) is 0.804. The summed E-state index contributed by atoms with van der Waals surface area (Å²) in [5.41, 5.74) is 0.699. The molecule has 25 heavy (non-hydrogen) atoms. The Kier molecular flexibility index (Phi) is 5.18. The third kappa shape index (κ3) is 3.73. The molecule has 6 nitrogen and oxygen atoms in total. The maximum atomic E-state index is 12.9. The Morgan fingerprint density at radius 1 is 1.24 bits per heavy atom. The summed E-state index contributed by atoms with van der Waals surface area (Å²) < 4.78 is 33.1. The Morgan fingerprint density at radius 3 is 2.52 bits per heavy atom. The summed E-state index contributed by atoms with van der Waals surface area (Å²) in [7, 11) is -3.55. The van der Waals surface area contributed by atoms with Crippen molar-refractivity contribution >= 4 is 21.6 Å². The van der Waals surface area contributed by atoms with E-state index < -0.39 is 10.0 Å². The summed E-state index contributed by atoms with van der Waals surface area (Å²) in [4.78, 5) is 0.276. The fraction of sp³-hybridized carbons (Fsp3) is 0.529. The van der Waals surface area contributed by atoms with Gasteiger partial charge in [0.1, 0.15) is 0 Å². The zero-order valence-electron chi connectivity index (χ0n) is 14.6. The molecule has 0 spiro atoms. The lowest BCUT2D eigenvalue weighted by atomic mass is 9.98. The van der Waals surface area contributed by atoms with Gasteiger partial charge in [-0.1, -0.05) is 31.5 Å². The van der Waals surface area contributed by atoms with E-state index >= 15 is 0 Å². The normalized spacial score (nSPS) is 17.3. The second-order valence-corrected chi connectivity index (χ2v) is 9.06. The van der Waals surface area contributed by atoms with Crippen LogP contribution in [0.15, 0.2) is 27.5 Å². The minimum absolute atomic E-state index is 0.104. The number of nitrogens with zero attached hydrogens (tertiary/aromatic N) is 3. The molecule has 3 rings (SSSR count). The molecule has 2 aromatic rings. The molecule has 2 heterocycles. The van der Waals surface area contributed by atoms with Gasteiger partial charge in [-0.2, -0.15) is 4.31 Å². The zero-order valence-corrected chi connectivity index (χ0v) is 16.1. The monoisotopic (exact) mass is 383 g/mol. The number of rotatable bonds is 4. The van der Waals surface area contributed by atoms with Crippen molar-refractivity contribution in [2.45, 2.75) is 50.3 Å². The van der Waals surface area contributed by atoms with Gasteiger partial charge in [0.05, 0.1) is 4.90 Å². The van der Waals surface area contributed by atoms with Gasteiger partial charge >= 0.3 is 0 Å². The van der Waals surface area contributed by atoms with E-state index in [1.165, 1.54) is 10.4 Å². The second-order valence-electron chi connectivity index (χ2n) is 6.72. The van der Waals surface area contributed by atoms with E-state index in [0.717, 1.165) is 0 Å². The Labute approximate surface area is 153 Å². The molecule has 0 amide bonds. The summed E-state index contributed by atoms with van der Waals surface area (Å²) in [6.07, 6.45) is 1.33. The minimum atomic E-state index is -3.55. The zero-order chi connectivity index (χ0) is 18.2. The van der Waals surface area contributed by atoms with Crippen LogP contribution in [-0.2, 0) is 10.0 Å². The molecular formula is C17H22ClN3O3S. The van der Waals surface area contributed by atoms with Gasteiger partial charge in [-0.15, -0.1) is 10.2 Å². The topological polar surface area (TPSA) is 76.3 Å². The number of sulfonamides is 1. The van der Waals surface area contributed by atoms with Gasteiger partial charge in [0, 0.05) is 29.9 Å². The average Bonchev–Trinajstić information content (AvgIpc) is 3.07. The van der Waals surface area contributed by atoms with Crippen molar-refractivity contribution in [2.24, 2.45) is 0 Å². The van der Waals surface area contributed by atoms with E-state index in [9.17, 15) is 8.42 Å². The number of halogens is 1. The van der Waals surface area contributed by atoms with Gasteiger partial charge in [-0.25, -0.2) is 8.42 Å². The van der Waals surface area contributed by atoms with Crippen molar-refractivity contribution in [3.63, 3.8) is 0 Å². The SMILES string of the molecule is Cc1ccc(Cl)cc1S(=O)(=O)N1CCC(c2nnc(C(C)C)o2)CC1. The summed E-state index contributed by atoms with van der Waals surface area (Å²) in [6, 6.07) is 4.95. The fourth-order valence-electron chi connectivity index (χ4n) is 2.98. The molecule has 136 valence electrons. The molecule has 0 unspecified atom stereocenters. The molecule has 0 N–H and O–H groups in total. The molecule has 0 saturated carbocycles. The van der Waals surface area contributed by atoms with Crippen LogP contribution in [0.3, 0.4) is 0 Å². The Balaban J connectivity index is 1.74. The predicted octanol–water partition coefficient (Wildman–Crippen LogP) is 3.72. The highest BCUT2D eigenvalue weighted by Gasteiger charge is 2.33. The molecule has 1 aromatic carbocycles. The average molecular weight is 384 g/mol. The third-order valence-corrected chi connectivity index (χ3v) is 6.80. The van der Waals surface area contributed by atoms with Crippen LogP contribution < -0.4 is 0 Å². The summed E-state index contributed by atoms with van der Waals surface area (Å²) in [5, 5.41) is 8.62. The highest BCUT2D eigenvalue weighted by atomic mass is 35.5. The molecule has 1 aliphatic rings. The molecule has 0 bridgehead atoms. The highest BCUT2D eigenvalue weighted by Crippen LogP contribution is 2.32. The van der Waals surface area contributed by atoms with E-state index in [4.69, 9.17) is 16.0 Å². The van der Waals surface area contributed by atoms with Crippen molar-refractivity contribution in [3.05, 3.63) is 40.6 Å². The van der Waals surface area contributed by atoms with Crippen LogP contribution in [0.2, 0.25) is 5.02 Å². The van der Waals surface area contributed by atoms with Crippen LogP contribution in [0.1, 0.15) is 55.9 Å². The van der Waals surface area contributed by atoms with Crippen LogP contribution >= 0.6 is 11.6 Å². The number of benzene rings is 1. The van der Waals surface area contributed by atoms with Crippen molar-refractivity contribution in [1.29, 1.82) is 0 Å². The van der Waals surface area contributed by atoms with Crippen molar-refractivity contribution < 1.29 is 12.8 Å². The van der Waals surface area contributed by atoms with E-state index in [1.54, 1.807) is 19.1 Å². The number of hydrogen-bond acceptors (Lipinski definition) is 5. The molecular weight excluding hydrogens is 362 g/mol. The lowest BCUT2D eigenvalue weighted by Crippen LogP contribution is -2.38. The van der Waals surface area contributed by atoms with Gasteiger partial charge in [0.15, 0.2) is 0 Å². The smallest absolute Gasteiger partial charge is 0.243 e. The standard InChI is InChI=1S/C17H22ClN3O3S/c1-11(2)16-19-20-17(24-16)13-6-8-21(9-7-13)25(22,23)15-10-14(18)5-4-12(15)3/h4-5,10-11,13H,6-9H2,1-3H3. The van der Waals surface area contributed by atoms with Crippen LogP contribution in [0.25, 0.3) is 0 Å². The maximum Gasteiger partial charge on any atom is 0.243 e. The van der Waals surface area contributed by atoms with Crippen molar-refractivity contribution in [1.82, 2.24) is 14.5 Å². The fourth-order valence-corrected chi connectivity index (χ4v) is 4.94. The first-order valence-corrected chi connectivity index (χ1v) is 10.2. The lowest BCUT2D eigenvalue weighted by Gasteiger charge is -2.30. The van der Waals surface area contributed by atoms with E-state index in [0.29, 0.717) is 48.3 Å². The summed E-state index contributed by atoms with van der Waals surface area (Å²) in [5.74, 6) is 1.53. The Morgan fingerprint density at radius 2 is 1.92 bits per heavy atom. The number of aryl methyl sites for hydroxylation is 1. The van der Waals surface area contributed by atoms with Gasteiger partial charge in [-0.3, -0.25) is 0 Å². The predicted molar refractivity (Wildman–Crippen MR) is 95.3 cm³/mol. The van der Waals surface area contributed by atoms with E-state index in [1.807, 2.05) is 13.8 Å². The Bertz CT molecular complexity index is 856. The van der Waals surface area contributed by atoms with Gasteiger partial charge in [0.25, 0.3) is 0 Å². The van der Waals surface area contributed by atoms with Gasteiger partial charge < -0.3 is 4.42 Å². The molecule has 8 heteroatoms. The molecule has 1 saturated heterocycles. The van der Waals surface area contributed by atoms with Crippen LogP contribution in [-0.4, -0.2) is 36.0 Å². The first-order chi connectivity index (χ1) is 11.8. The van der Waals surface area contributed by atoms with Gasteiger partial charge in [0.2, 0.25) is 21.8 Å². The number of aromatic nitrogens is 2. The highest BCUT2D eigenvalue weighted by molar-refractivity contribution is 7.89. The van der Waals surface area contributed by atoms with Crippen molar-refractivity contribution in [3.8, 4) is 0 Å². The molecule has 0 atom stereocenters. The van der Waals surface area contributed by atoms with Crippen molar-refractivity contribution in [2.75, 3.05) is 13.1 Å². The number of piperidine rings is 1. The second kappa shape index (κ2) is 7.05. The number of hydrogen-bond donors (Lipinski definition) is 0. The van der Waals surface area contributed by atoms with Crippen LogP contribution in [0.4, 0.5) is 0 Å². The first-order valence-electron chi connectivity index (χ1n) is 8.38. The largest absolute Gasteiger partial charge is 0.425 e. The summed E-state index contributed by atoms with van der Waals surface area (Å²) in [6.45, 7) is 6.64. The summed E-state index contributed by atoms with van der Waals surface area (Å²) >= 11 is 5.98. The molecule has 1 aromatic heterocycles. The van der Waals surface area contributed by atoms with E-state index in [-0.39, 0.29) is 16.7 Å². The molecule has 1 fully saturated rings. The first kappa shape index (κ1) is 18.4. The van der Waals surface area contributed by atoms with Crippen LogP contribution in [0, 0.1) is 6.92 Å². The maximum absolute atomic E-state index is 12.9. The molecule has 0 radical (unpaired) electrons. The third-order valence-electron chi connectivity index (χ3n) is 4.52. The molecule has 0 aliphatic carbocycles. The van der Waals surface area contributed by atoms with Crippen LogP contribution in [0.5, 0.6) is 0 Å². The van der Waals surface area contributed by atoms with E-state index in [2.05, 4.69) is 10.2 Å². The van der Waals surface area contributed by atoms with Gasteiger partial charge in [-0.05, 0) is 37.5 Å². The Hall–Kier alpha value is -1.44. The molecule has 1 aliphatic heterocycles. The lowest BCUT2D eigenvalue weighted by molar-refractivity contribution is 0.285. The minimum Gasteiger partial charge on any atom is -0.425 e.